The third-order valence-electron chi connectivity index (χ3n) is 5.52. The highest BCUT2D eigenvalue weighted by molar-refractivity contribution is 5.96. The van der Waals surface area contributed by atoms with Crippen LogP contribution in [0.1, 0.15) is 94.8 Å². The Balaban J connectivity index is 1.74. The molecule has 0 aliphatic heterocycles. The lowest BCUT2D eigenvalue weighted by atomic mass is 9.80. The van der Waals surface area contributed by atoms with Gasteiger partial charge in [-0.2, -0.15) is 0 Å². The Labute approximate surface area is 158 Å². The molecule has 0 unspecified atom stereocenters. The fourth-order valence-corrected chi connectivity index (χ4v) is 3.83. The number of esters is 1. The van der Waals surface area contributed by atoms with Gasteiger partial charge in [-0.25, -0.2) is 0 Å². The quantitative estimate of drug-likeness (QED) is 0.212. The minimum absolute atomic E-state index is 0.0308. The summed E-state index contributed by atoms with van der Waals surface area (Å²) in [5, 5.41) is 0. The van der Waals surface area contributed by atoms with Crippen LogP contribution in [0.15, 0.2) is 24.3 Å². The highest BCUT2D eigenvalue weighted by Gasteiger charge is 2.27. The van der Waals surface area contributed by atoms with Gasteiger partial charge in [0.05, 0.1) is 5.92 Å². The third-order valence-corrected chi connectivity index (χ3v) is 5.52. The van der Waals surface area contributed by atoms with E-state index in [2.05, 4.69) is 6.92 Å². The maximum absolute atomic E-state index is 12.4. The van der Waals surface area contributed by atoms with Crippen molar-refractivity contribution in [1.82, 2.24) is 0 Å². The maximum atomic E-state index is 12.4. The second-order valence-corrected chi connectivity index (χ2v) is 7.69. The Kier molecular flexibility index (Phi) is 8.87. The number of Topliss-reactive ketones (excluding diaryl/α,β-unsaturated/α-hetero) is 1. The number of hydrogen-bond acceptors (Lipinski definition) is 3. The van der Waals surface area contributed by atoms with Gasteiger partial charge in [0.15, 0.2) is 5.78 Å². The van der Waals surface area contributed by atoms with Crippen molar-refractivity contribution in [3.63, 3.8) is 0 Å². The molecule has 3 heteroatoms. The smallest absolute Gasteiger partial charge is 0.314 e. The lowest BCUT2D eigenvalue weighted by Gasteiger charge is -2.27. The van der Waals surface area contributed by atoms with Crippen LogP contribution in [0.4, 0.5) is 0 Å². The molecule has 0 aromatic heterocycles. The average molecular weight is 359 g/mol. The lowest BCUT2D eigenvalue weighted by molar-refractivity contribution is -0.140. The first kappa shape index (κ1) is 20.7. The second kappa shape index (κ2) is 11.2. The summed E-state index contributed by atoms with van der Waals surface area (Å²) in [5.41, 5.74) is 0.690. The zero-order valence-electron chi connectivity index (χ0n) is 16.5. The van der Waals surface area contributed by atoms with Gasteiger partial charge in [0.1, 0.15) is 5.75 Å². The molecule has 1 aromatic carbocycles. The predicted octanol–water partition coefficient (Wildman–Crippen LogP) is 6.35. The molecular weight excluding hydrogens is 324 g/mol. The summed E-state index contributed by atoms with van der Waals surface area (Å²) in [4.78, 5) is 24.3. The first-order valence-electron chi connectivity index (χ1n) is 10.5. The molecule has 144 valence electrons. The number of carbonyl (C=O) groups excluding carboxylic acids is 2. The van der Waals surface area contributed by atoms with Crippen molar-refractivity contribution < 1.29 is 14.3 Å². The zero-order chi connectivity index (χ0) is 18.8. The Morgan fingerprint density at radius 3 is 2.23 bits per heavy atom. The normalized spacial score (nSPS) is 19.9. The summed E-state index contributed by atoms with van der Waals surface area (Å²) in [7, 11) is 0. The first-order chi connectivity index (χ1) is 12.6. The molecule has 1 aliphatic rings. The van der Waals surface area contributed by atoms with E-state index in [0.717, 1.165) is 38.0 Å². The van der Waals surface area contributed by atoms with Gasteiger partial charge in [-0.1, -0.05) is 46.0 Å². The van der Waals surface area contributed by atoms with Crippen LogP contribution in [0.2, 0.25) is 0 Å². The van der Waals surface area contributed by atoms with Gasteiger partial charge < -0.3 is 4.74 Å². The molecule has 0 radical (unpaired) electrons. The van der Waals surface area contributed by atoms with E-state index in [1.165, 1.54) is 32.1 Å². The minimum atomic E-state index is -0.109. The fourth-order valence-electron chi connectivity index (χ4n) is 3.83. The Morgan fingerprint density at radius 1 is 0.923 bits per heavy atom. The van der Waals surface area contributed by atoms with E-state index in [0.29, 0.717) is 17.7 Å². The van der Waals surface area contributed by atoms with Gasteiger partial charge in [-0.3, -0.25) is 9.59 Å². The fraction of sp³-hybridized carbons (Fsp3) is 0.652. The highest BCUT2D eigenvalue weighted by atomic mass is 16.5. The molecule has 0 amide bonds. The largest absolute Gasteiger partial charge is 0.426 e. The van der Waals surface area contributed by atoms with Crippen LogP contribution in [0.25, 0.3) is 0 Å². The van der Waals surface area contributed by atoms with Gasteiger partial charge in [-0.05, 0) is 62.3 Å². The van der Waals surface area contributed by atoms with Crippen molar-refractivity contribution in [2.45, 2.75) is 84.5 Å². The number of rotatable bonds is 10. The van der Waals surface area contributed by atoms with Crippen LogP contribution in [-0.2, 0) is 4.79 Å². The van der Waals surface area contributed by atoms with Crippen molar-refractivity contribution in [2.24, 2.45) is 11.8 Å². The van der Waals surface area contributed by atoms with Gasteiger partial charge in [-0.15, -0.1) is 0 Å². The number of hydrogen-bond donors (Lipinski definition) is 0. The standard InChI is InChI=1S/C23H34O3/c1-3-5-6-7-9-18-10-12-20(13-11-18)23(25)26-21-16-14-19(15-17-21)22(24)8-4-2/h14-18,20H,3-13H2,1-2H3. The topological polar surface area (TPSA) is 43.4 Å². The van der Waals surface area contributed by atoms with Crippen molar-refractivity contribution in [2.75, 3.05) is 0 Å². The summed E-state index contributed by atoms with van der Waals surface area (Å²) in [6.07, 6.45) is 12.2. The summed E-state index contributed by atoms with van der Waals surface area (Å²) < 4.78 is 5.55. The molecule has 26 heavy (non-hydrogen) atoms. The van der Waals surface area contributed by atoms with Crippen LogP contribution in [-0.4, -0.2) is 11.8 Å². The van der Waals surface area contributed by atoms with Crippen LogP contribution in [0.3, 0.4) is 0 Å². The molecule has 1 fully saturated rings. The summed E-state index contributed by atoms with van der Waals surface area (Å²) >= 11 is 0. The molecule has 1 aliphatic carbocycles. The van der Waals surface area contributed by atoms with Crippen LogP contribution >= 0.6 is 0 Å². The Morgan fingerprint density at radius 2 is 1.62 bits per heavy atom. The number of benzene rings is 1. The highest BCUT2D eigenvalue weighted by Crippen LogP contribution is 2.33. The van der Waals surface area contributed by atoms with E-state index in [1.54, 1.807) is 24.3 Å². The van der Waals surface area contributed by atoms with Crippen molar-refractivity contribution in [3.05, 3.63) is 29.8 Å². The van der Waals surface area contributed by atoms with Crippen LogP contribution < -0.4 is 4.74 Å². The van der Waals surface area contributed by atoms with Crippen LogP contribution in [0.5, 0.6) is 5.75 Å². The molecular formula is C23H34O3. The summed E-state index contributed by atoms with van der Waals surface area (Å²) in [5.74, 6) is 1.40. The number of ketones is 1. The Bertz CT molecular complexity index is 553. The van der Waals surface area contributed by atoms with Crippen LogP contribution in [0, 0.1) is 11.8 Å². The Hall–Kier alpha value is -1.64. The van der Waals surface area contributed by atoms with Crippen molar-refractivity contribution in [1.29, 1.82) is 0 Å². The minimum Gasteiger partial charge on any atom is -0.426 e. The van der Waals surface area contributed by atoms with Crippen molar-refractivity contribution >= 4 is 11.8 Å². The predicted molar refractivity (Wildman–Crippen MR) is 106 cm³/mol. The second-order valence-electron chi connectivity index (χ2n) is 7.69. The molecule has 2 rings (SSSR count). The van der Waals surface area contributed by atoms with E-state index in [9.17, 15) is 9.59 Å². The summed E-state index contributed by atoms with van der Waals surface area (Å²) in [6, 6.07) is 6.99. The number of unbranched alkanes of at least 4 members (excludes halogenated alkanes) is 3. The maximum Gasteiger partial charge on any atom is 0.314 e. The van der Waals surface area contributed by atoms with Gasteiger partial charge in [0.2, 0.25) is 0 Å². The molecule has 0 atom stereocenters. The number of ether oxygens (including phenoxy) is 1. The van der Waals surface area contributed by atoms with Gasteiger partial charge in [0.25, 0.3) is 0 Å². The molecule has 1 aromatic rings. The molecule has 1 saturated carbocycles. The SMILES string of the molecule is CCCCCCC1CCC(C(=O)Oc2ccc(C(=O)CCC)cc2)CC1. The molecule has 3 nitrogen and oxygen atoms in total. The van der Waals surface area contributed by atoms with E-state index >= 15 is 0 Å². The first-order valence-corrected chi connectivity index (χ1v) is 10.5. The van der Waals surface area contributed by atoms with Gasteiger partial charge >= 0.3 is 5.97 Å². The molecule has 0 N–H and O–H groups in total. The van der Waals surface area contributed by atoms with E-state index < -0.39 is 0 Å². The summed E-state index contributed by atoms with van der Waals surface area (Å²) in [6.45, 7) is 4.24. The van der Waals surface area contributed by atoms with E-state index in [1.807, 2.05) is 6.92 Å². The monoisotopic (exact) mass is 358 g/mol. The molecule has 0 spiro atoms. The van der Waals surface area contributed by atoms with E-state index in [4.69, 9.17) is 4.74 Å². The molecule has 0 bridgehead atoms. The molecule has 0 saturated heterocycles. The third kappa shape index (κ3) is 6.59. The van der Waals surface area contributed by atoms with Crippen molar-refractivity contribution in [3.8, 4) is 5.75 Å². The van der Waals surface area contributed by atoms with Gasteiger partial charge in [0, 0.05) is 12.0 Å². The van der Waals surface area contributed by atoms with E-state index in [-0.39, 0.29) is 17.7 Å². The lowest BCUT2D eigenvalue weighted by Crippen LogP contribution is -2.25. The zero-order valence-corrected chi connectivity index (χ0v) is 16.5. The molecule has 0 heterocycles. The number of carbonyl (C=O) groups is 2. The average Bonchev–Trinajstić information content (AvgIpc) is 2.66.